The van der Waals surface area contributed by atoms with Crippen molar-refractivity contribution in [2.24, 2.45) is 9.98 Å². The van der Waals surface area contributed by atoms with Crippen LogP contribution in [0.15, 0.2) is 32.7 Å². The highest BCUT2D eigenvalue weighted by Gasteiger charge is 2.26. The summed E-state index contributed by atoms with van der Waals surface area (Å²) in [6, 6.07) is 2.79. The molecule has 1 aromatic carbocycles. The van der Waals surface area contributed by atoms with Crippen LogP contribution in [-0.4, -0.2) is 29.8 Å². The number of dihydropyridines is 1. The van der Waals surface area contributed by atoms with Crippen molar-refractivity contribution < 1.29 is 19.1 Å². The predicted octanol–water partition coefficient (Wildman–Crippen LogP) is 3.19. The molecular weight excluding hydrogens is 393 g/mol. The summed E-state index contributed by atoms with van der Waals surface area (Å²) >= 11 is 18.0. The molecule has 1 heterocycles. The highest BCUT2D eigenvalue weighted by Crippen LogP contribution is 2.37. The number of ketones is 1. The second kappa shape index (κ2) is 7.77. The molecule has 0 saturated heterocycles. The lowest BCUT2D eigenvalue weighted by molar-refractivity contribution is -0.120. The highest BCUT2D eigenvalue weighted by atomic mass is 35.5. The first-order chi connectivity index (χ1) is 11.7. The first-order valence-corrected chi connectivity index (χ1v) is 7.83. The molecule has 1 amide bonds. The van der Waals surface area contributed by atoms with Crippen LogP contribution in [0.3, 0.4) is 0 Å². The van der Waals surface area contributed by atoms with Crippen molar-refractivity contribution in [3.05, 3.63) is 32.8 Å². The average molecular weight is 403 g/mol. The van der Waals surface area contributed by atoms with E-state index in [1.807, 2.05) is 0 Å². The Morgan fingerprint density at radius 2 is 1.88 bits per heavy atom. The number of nitrogens with one attached hydrogen (secondary N) is 1. The van der Waals surface area contributed by atoms with Gasteiger partial charge in [0.2, 0.25) is 11.7 Å². The van der Waals surface area contributed by atoms with E-state index in [1.54, 1.807) is 6.92 Å². The summed E-state index contributed by atoms with van der Waals surface area (Å²) in [6.07, 6.45) is 0. The largest absolute Gasteiger partial charge is 0.426 e. The third kappa shape index (κ3) is 4.25. The Bertz CT molecular complexity index is 852. The molecule has 0 atom stereocenters. The minimum atomic E-state index is -0.612. The molecule has 1 aliphatic heterocycles. The minimum Gasteiger partial charge on any atom is -0.426 e. The second-order valence-corrected chi connectivity index (χ2v) is 5.99. The van der Waals surface area contributed by atoms with E-state index < -0.39 is 11.7 Å². The third-order valence-electron chi connectivity index (χ3n) is 2.98. The van der Waals surface area contributed by atoms with Gasteiger partial charge in [-0.1, -0.05) is 34.8 Å². The molecule has 7 nitrogen and oxygen atoms in total. The van der Waals surface area contributed by atoms with Crippen LogP contribution >= 0.6 is 34.8 Å². The topological polar surface area (TPSA) is 97.2 Å². The van der Waals surface area contributed by atoms with Gasteiger partial charge in [-0.25, -0.2) is 9.98 Å². The molecule has 0 aliphatic carbocycles. The second-order valence-electron chi connectivity index (χ2n) is 4.80. The molecule has 0 saturated carbocycles. The van der Waals surface area contributed by atoms with Gasteiger partial charge in [0.15, 0.2) is 17.4 Å². The van der Waals surface area contributed by atoms with Crippen LogP contribution in [0.5, 0.6) is 5.75 Å². The molecule has 0 aromatic heterocycles. The summed E-state index contributed by atoms with van der Waals surface area (Å²) in [5, 5.41) is 2.30. The molecule has 2 rings (SSSR count). The van der Waals surface area contributed by atoms with Gasteiger partial charge in [0, 0.05) is 12.5 Å². The SMILES string of the molecule is CC(=O)NC1=NC(=Nc2cc(Cl)c(OC=O)c(Cl)c2)C(C)=C(Cl)C1=O. The van der Waals surface area contributed by atoms with Gasteiger partial charge in [0.25, 0.3) is 6.47 Å². The minimum absolute atomic E-state index is 0.00571. The normalized spacial score (nSPS) is 16.0. The van der Waals surface area contributed by atoms with Gasteiger partial charge in [-0.15, -0.1) is 0 Å². The van der Waals surface area contributed by atoms with Gasteiger partial charge in [-0.2, -0.15) is 0 Å². The summed E-state index contributed by atoms with van der Waals surface area (Å²) in [6.45, 7) is 2.99. The van der Waals surface area contributed by atoms with Gasteiger partial charge >= 0.3 is 0 Å². The Hall–Kier alpha value is -2.22. The Morgan fingerprint density at radius 1 is 1.28 bits per heavy atom. The van der Waals surface area contributed by atoms with E-state index in [4.69, 9.17) is 34.8 Å². The molecule has 1 N–H and O–H groups in total. The maximum Gasteiger partial charge on any atom is 0.298 e. The number of rotatable bonds is 3. The zero-order valence-electron chi connectivity index (χ0n) is 12.9. The van der Waals surface area contributed by atoms with Crippen molar-refractivity contribution >= 4 is 70.3 Å². The number of Topliss-reactive ketones (excluding diaryl/α,β-unsaturated/α-hetero) is 1. The monoisotopic (exact) mass is 401 g/mol. The van der Waals surface area contributed by atoms with Crippen LogP contribution in [0.25, 0.3) is 0 Å². The lowest BCUT2D eigenvalue weighted by Gasteiger charge is -2.14. The molecular formula is C15H10Cl3N3O4. The standard InChI is InChI=1S/C15H10Cl3N3O4/c1-6-11(18)12(24)15(19-7(2)23)21-14(6)20-8-3-9(16)13(25-5-22)10(17)4-8/h3-5H,1-2H3,(H,19,20,21,23). The first-order valence-electron chi connectivity index (χ1n) is 6.70. The van der Waals surface area contributed by atoms with Crippen molar-refractivity contribution in [2.45, 2.75) is 13.8 Å². The van der Waals surface area contributed by atoms with Crippen molar-refractivity contribution in [1.29, 1.82) is 0 Å². The predicted molar refractivity (Wildman–Crippen MR) is 95.1 cm³/mol. The van der Waals surface area contributed by atoms with Crippen LogP contribution in [0.2, 0.25) is 10.0 Å². The molecule has 0 unspecified atom stereocenters. The number of carbonyl (C=O) groups is 3. The molecule has 0 radical (unpaired) electrons. The van der Waals surface area contributed by atoms with E-state index in [0.29, 0.717) is 5.57 Å². The molecule has 25 heavy (non-hydrogen) atoms. The Balaban J connectivity index is 2.51. The smallest absolute Gasteiger partial charge is 0.298 e. The Labute approximate surface area is 157 Å². The van der Waals surface area contributed by atoms with E-state index in [9.17, 15) is 14.4 Å². The van der Waals surface area contributed by atoms with Gasteiger partial charge in [0.1, 0.15) is 0 Å². The number of amidine groups is 2. The zero-order chi connectivity index (χ0) is 18.7. The van der Waals surface area contributed by atoms with Crippen molar-refractivity contribution in [2.75, 3.05) is 0 Å². The lowest BCUT2D eigenvalue weighted by atomic mass is 10.1. The van der Waals surface area contributed by atoms with E-state index in [-0.39, 0.29) is 44.7 Å². The molecule has 0 fully saturated rings. The van der Waals surface area contributed by atoms with E-state index >= 15 is 0 Å². The number of carbonyl (C=O) groups excluding carboxylic acids is 3. The van der Waals surface area contributed by atoms with Gasteiger partial charge in [-0.3, -0.25) is 14.4 Å². The van der Waals surface area contributed by atoms with Crippen LogP contribution in [0.4, 0.5) is 5.69 Å². The zero-order valence-corrected chi connectivity index (χ0v) is 15.2. The molecule has 1 aliphatic rings. The third-order valence-corrected chi connectivity index (χ3v) is 3.99. The van der Waals surface area contributed by atoms with Crippen molar-refractivity contribution in [3.8, 4) is 5.75 Å². The van der Waals surface area contributed by atoms with Crippen molar-refractivity contribution in [3.63, 3.8) is 0 Å². The van der Waals surface area contributed by atoms with Gasteiger partial charge in [0.05, 0.1) is 20.8 Å². The van der Waals surface area contributed by atoms with E-state index in [2.05, 4.69) is 20.0 Å². The van der Waals surface area contributed by atoms with Crippen LogP contribution in [0, 0.1) is 0 Å². The van der Waals surface area contributed by atoms with E-state index in [1.165, 1.54) is 19.1 Å². The molecule has 0 bridgehead atoms. The van der Waals surface area contributed by atoms with Crippen LogP contribution < -0.4 is 10.1 Å². The summed E-state index contributed by atoms with van der Waals surface area (Å²) in [7, 11) is 0. The highest BCUT2D eigenvalue weighted by molar-refractivity contribution is 6.62. The van der Waals surface area contributed by atoms with E-state index in [0.717, 1.165) is 0 Å². The van der Waals surface area contributed by atoms with Gasteiger partial charge in [-0.05, 0) is 19.1 Å². The fourth-order valence-corrected chi connectivity index (χ4v) is 2.61. The number of nitrogens with zero attached hydrogens (tertiary/aromatic N) is 2. The molecule has 0 spiro atoms. The lowest BCUT2D eigenvalue weighted by Crippen LogP contribution is -2.38. The number of aliphatic imine (C=N–C) groups is 2. The summed E-state index contributed by atoms with van der Waals surface area (Å²) < 4.78 is 4.68. The average Bonchev–Trinajstić information content (AvgIpc) is 2.53. The summed E-state index contributed by atoms with van der Waals surface area (Å²) in [5.41, 5.74) is 0.605. The quantitative estimate of drug-likeness (QED) is 0.785. The number of amides is 1. The number of hydrogen-bond acceptors (Lipinski definition) is 5. The maximum atomic E-state index is 12.0. The number of benzene rings is 1. The summed E-state index contributed by atoms with van der Waals surface area (Å²) in [5.74, 6) is -1.23. The van der Waals surface area contributed by atoms with Gasteiger partial charge < -0.3 is 10.1 Å². The molecule has 1 aromatic rings. The van der Waals surface area contributed by atoms with Crippen LogP contribution in [-0.2, 0) is 14.4 Å². The summed E-state index contributed by atoms with van der Waals surface area (Å²) in [4.78, 5) is 41.9. The first kappa shape index (κ1) is 19.1. The molecule has 10 heteroatoms. The molecule has 130 valence electrons. The maximum absolute atomic E-state index is 12.0. The van der Waals surface area contributed by atoms with Crippen LogP contribution in [0.1, 0.15) is 13.8 Å². The Kier molecular flexibility index (Phi) is 5.94. The number of halogens is 3. The number of ether oxygens (including phenoxy) is 1. The fourth-order valence-electron chi connectivity index (χ4n) is 1.87. The Morgan fingerprint density at radius 3 is 2.40 bits per heavy atom. The number of hydrogen-bond donors (Lipinski definition) is 1. The fraction of sp³-hybridized carbons (Fsp3) is 0.133. The van der Waals surface area contributed by atoms with Crippen molar-refractivity contribution in [1.82, 2.24) is 5.32 Å².